The van der Waals surface area contributed by atoms with Crippen LogP contribution in [0, 0.1) is 0 Å². The molecule has 1 heterocycles. The molecule has 0 fully saturated rings. The number of nitrogens with two attached hydrogens (primary N) is 1. The average Bonchev–Trinajstić information content (AvgIpc) is 2.11. The summed E-state index contributed by atoms with van der Waals surface area (Å²) in [6.07, 6.45) is 1.46. The number of pyridine rings is 1. The van der Waals surface area contributed by atoms with E-state index in [-0.39, 0.29) is 12.4 Å². The van der Waals surface area contributed by atoms with E-state index in [1.165, 1.54) is 12.3 Å². The van der Waals surface area contributed by atoms with E-state index in [2.05, 4.69) is 4.98 Å². The largest absolute Gasteiger partial charge is 0.503 e. The summed E-state index contributed by atoms with van der Waals surface area (Å²) in [6.45, 7) is 0.472. The highest BCUT2D eigenvalue weighted by molar-refractivity contribution is 5.12. The Labute approximate surface area is 69.5 Å². The minimum absolute atomic E-state index is 0.0972. The van der Waals surface area contributed by atoms with E-state index in [4.69, 9.17) is 15.9 Å². The molecular weight excluding hydrogens is 160 g/mol. The number of hydrogen-bond acceptors (Lipinski definition) is 4. The Hall–Kier alpha value is -1.33. The van der Waals surface area contributed by atoms with Crippen LogP contribution in [0.5, 0.6) is 5.75 Å². The van der Waals surface area contributed by atoms with Gasteiger partial charge >= 0.3 is 0 Å². The monoisotopic (exact) mass is 172 g/mol. The van der Waals surface area contributed by atoms with Crippen molar-refractivity contribution < 1.29 is 10.2 Å². The lowest BCUT2D eigenvalue weighted by atomic mass is 10.5. The molecule has 0 atom stereocenters. The Kier molecular flexibility index (Phi) is 5.68. The summed E-state index contributed by atoms with van der Waals surface area (Å²) in [6, 6.07) is 2.88. The zero-order valence-electron chi connectivity index (χ0n) is 6.53. The Bertz CT molecular complexity index is 257. The molecule has 1 rings (SSSR count). The molecular formula is C7H12N2O3. The van der Waals surface area contributed by atoms with Crippen LogP contribution in [-0.4, -0.2) is 28.3 Å². The number of aliphatic hydroxyl groups excluding tert-OH is 1. The maximum atomic E-state index is 10.3. The van der Waals surface area contributed by atoms with Crippen molar-refractivity contribution in [1.82, 2.24) is 4.98 Å². The number of aromatic hydroxyl groups is 1. The highest BCUT2D eigenvalue weighted by atomic mass is 16.3. The van der Waals surface area contributed by atoms with Gasteiger partial charge in [0, 0.05) is 12.7 Å². The van der Waals surface area contributed by atoms with Crippen LogP contribution in [0.15, 0.2) is 23.1 Å². The molecule has 1 aromatic rings. The quantitative estimate of drug-likeness (QED) is 0.437. The fourth-order valence-corrected chi connectivity index (χ4v) is 0.413. The number of aromatic nitrogens is 1. The van der Waals surface area contributed by atoms with Gasteiger partial charge in [-0.15, -0.1) is 0 Å². The molecule has 0 saturated heterocycles. The number of hydrogen-bond donors (Lipinski definition) is 4. The smallest absolute Gasteiger partial charge is 0.290 e. The second-order valence-electron chi connectivity index (χ2n) is 1.90. The van der Waals surface area contributed by atoms with Gasteiger partial charge in [0.2, 0.25) is 0 Å². The van der Waals surface area contributed by atoms with Crippen LogP contribution in [0.2, 0.25) is 0 Å². The molecule has 0 bridgehead atoms. The highest BCUT2D eigenvalue weighted by Crippen LogP contribution is 1.92. The highest BCUT2D eigenvalue weighted by Gasteiger charge is 1.87. The third-order valence-corrected chi connectivity index (χ3v) is 0.926. The summed E-state index contributed by atoms with van der Waals surface area (Å²) in [5.41, 5.74) is 4.33. The third kappa shape index (κ3) is 4.48. The van der Waals surface area contributed by atoms with Crippen molar-refractivity contribution in [3.63, 3.8) is 0 Å². The van der Waals surface area contributed by atoms with E-state index >= 15 is 0 Å². The SMILES string of the molecule is NCCO.O=c1[nH]cccc1O. The molecule has 5 N–H and O–H groups in total. The van der Waals surface area contributed by atoms with E-state index in [0.29, 0.717) is 6.54 Å². The molecule has 0 amide bonds. The molecule has 0 aliphatic heterocycles. The maximum absolute atomic E-state index is 10.3. The molecule has 68 valence electrons. The van der Waals surface area contributed by atoms with Crippen LogP contribution >= 0.6 is 0 Å². The van der Waals surface area contributed by atoms with Crippen LogP contribution in [0.1, 0.15) is 0 Å². The van der Waals surface area contributed by atoms with Gasteiger partial charge in [-0.05, 0) is 12.1 Å². The molecule has 0 radical (unpaired) electrons. The summed E-state index contributed by atoms with van der Waals surface area (Å²) in [5.74, 6) is -0.243. The first-order valence-corrected chi connectivity index (χ1v) is 3.40. The van der Waals surface area contributed by atoms with E-state index in [9.17, 15) is 4.79 Å². The summed E-state index contributed by atoms with van der Waals surface area (Å²) >= 11 is 0. The molecule has 0 aliphatic rings. The van der Waals surface area contributed by atoms with Crippen LogP contribution in [0.3, 0.4) is 0 Å². The van der Waals surface area contributed by atoms with Crippen molar-refractivity contribution in [1.29, 1.82) is 0 Å². The van der Waals surface area contributed by atoms with E-state index in [1.54, 1.807) is 6.07 Å². The van der Waals surface area contributed by atoms with Crippen molar-refractivity contribution in [3.05, 3.63) is 28.7 Å². The lowest BCUT2D eigenvalue weighted by Crippen LogP contribution is -2.02. The molecule has 0 aliphatic carbocycles. The third-order valence-electron chi connectivity index (χ3n) is 0.926. The predicted molar refractivity (Wildman–Crippen MR) is 44.9 cm³/mol. The Morgan fingerprint density at radius 1 is 1.58 bits per heavy atom. The normalized spacial score (nSPS) is 8.50. The molecule has 12 heavy (non-hydrogen) atoms. The number of aromatic amines is 1. The van der Waals surface area contributed by atoms with Crippen molar-refractivity contribution in [3.8, 4) is 5.75 Å². The van der Waals surface area contributed by atoms with Gasteiger partial charge in [0.1, 0.15) is 0 Å². The zero-order chi connectivity index (χ0) is 9.40. The fraction of sp³-hybridized carbons (Fsp3) is 0.286. The van der Waals surface area contributed by atoms with E-state index in [1.807, 2.05) is 0 Å². The number of rotatable bonds is 1. The van der Waals surface area contributed by atoms with Crippen LogP contribution in [0.25, 0.3) is 0 Å². The van der Waals surface area contributed by atoms with Crippen LogP contribution in [-0.2, 0) is 0 Å². The number of H-pyrrole nitrogens is 1. The Balaban J connectivity index is 0.000000261. The summed E-state index contributed by atoms with van der Waals surface area (Å²) < 4.78 is 0. The maximum Gasteiger partial charge on any atom is 0.290 e. The molecule has 0 spiro atoms. The first-order valence-electron chi connectivity index (χ1n) is 3.40. The second kappa shape index (κ2) is 6.38. The van der Waals surface area contributed by atoms with E-state index < -0.39 is 5.56 Å². The van der Waals surface area contributed by atoms with Gasteiger partial charge in [0.25, 0.3) is 5.56 Å². The standard InChI is InChI=1S/C5H5NO2.C2H7NO/c7-4-2-1-3-6-5(4)8;3-1-2-4/h1-3,7H,(H,6,8);4H,1-3H2. The lowest BCUT2D eigenvalue weighted by Gasteiger charge is -1.83. The van der Waals surface area contributed by atoms with Gasteiger partial charge in [0.15, 0.2) is 5.75 Å². The molecule has 1 aromatic heterocycles. The zero-order valence-corrected chi connectivity index (χ0v) is 6.53. The second-order valence-corrected chi connectivity index (χ2v) is 1.90. The van der Waals surface area contributed by atoms with E-state index in [0.717, 1.165) is 0 Å². The van der Waals surface area contributed by atoms with Crippen molar-refractivity contribution in [2.75, 3.05) is 13.2 Å². The van der Waals surface area contributed by atoms with Gasteiger partial charge in [0.05, 0.1) is 6.61 Å². The first-order chi connectivity index (χ1) is 5.72. The van der Waals surface area contributed by atoms with Crippen molar-refractivity contribution >= 4 is 0 Å². The van der Waals surface area contributed by atoms with Gasteiger partial charge in [-0.1, -0.05) is 0 Å². The van der Waals surface area contributed by atoms with Gasteiger partial charge in [-0.25, -0.2) is 0 Å². The molecule has 0 saturated carbocycles. The number of nitrogens with one attached hydrogen (secondary N) is 1. The number of aliphatic hydroxyl groups is 1. The molecule has 5 heteroatoms. The van der Waals surface area contributed by atoms with Crippen LogP contribution < -0.4 is 11.3 Å². The summed E-state index contributed by atoms with van der Waals surface area (Å²) in [7, 11) is 0. The minimum Gasteiger partial charge on any atom is -0.503 e. The average molecular weight is 172 g/mol. The Morgan fingerprint density at radius 2 is 2.17 bits per heavy atom. The molecule has 0 unspecified atom stereocenters. The van der Waals surface area contributed by atoms with Gasteiger partial charge in [-0.2, -0.15) is 0 Å². The molecule has 5 nitrogen and oxygen atoms in total. The minimum atomic E-state index is -0.451. The topological polar surface area (TPSA) is 99.3 Å². The first kappa shape index (κ1) is 10.7. The van der Waals surface area contributed by atoms with Crippen LogP contribution in [0.4, 0.5) is 0 Å². The Morgan fingerprint density at radius 3 is 2.42 bits per heavy atom. The predicted octanol–water partition coefficient (Wildman–Crippen LogP) is -0.982. The van der Waals surface area contributed by atoms with Crippen molar-refractivity contribution in [2.24, 2.45) is 5.73 Å². The molecule has 0 aromatic carbocycles. The summed E-state index contributed by atoms with van der Waals surface area (Å²) in [4.78, 5) is 12.6. The van der Waals surface area contributed by atoms with Gasteiger partial charge in [-0.3, -0.25) is 4.79 Å². The van der Waals surface area contributed by atoms with Gasteiger partial charge < -0.3 is 20.9 Å². The lowest BCUT2D eigenvalue weighted by molar-refractivity contribution is 0.306. The van der Waals surface area contributed by atoms with Crippen molar-refractivity contribution in [2.45, 2.75) is 0 Å². The fourth-order valence-electron chi connectivity index (χ4n) is 0.413. The summed E-state index contributed by atoms with van der Waals surface area (Å²) in [5, 5.41) is 16.3.